The molecule has 0 bridgehead atoms. The minimum Gasteiger partial charge on any atom is -0.337 e. The molecule has 2 saturated heterocycles. The summed E-state index contributed by atoms with van der Waals surface area (Å²) in [6.07, 6.45) is 7.01. The van der Waals surface area contributed by atoms with Gasteiger partial charge in [-0.05, 0) is 37.7 Å². The highest BCUT2D eigenvalue weighted by atomic mass is 32.2. The van der Waals surface area contributed by atoms with Crippen LogP contribution in [-0.2, 0) is 16.4 Å². The molecule has 23 heavy (non-hydrogen) atoms. The zero-order chi connectivity index (χ0) is 16.3. The summed E-state index contributed by atoms with van der Waals surface area (Å²) < 4.78 is 25.5. The number of urea groups is 1. The average Bonchev–Trinajstić information content (AvgIpc) is 3.15. The number of carbonyl (C=O) groups is 1. The third-order valence-corrected chi connectivity index (χ3v) is 7.13. The highest BCUT2D eigenvalue weighted by molar-refractivity contribution is 7.92. The van der Waals surface area contributed by atoms with E-state index in [1.165, 1.54) is 0 Å². The molecule has 1 aromatic heterocycles. The van der Waals surface area contributed by atoms with E-state index in [0.717, 1.165) is 32.5 Å². The molecule has 2 aliphatic rings. The number of rotatable bonds is 4. The van der Waals surface area contributed by atoms with Crippen LogP contribution < -0.4 is 5.32 Å². The van der Waals surface area contributed by atoms with E-state index < -0.39 is 15.1 Å². The maximum absolute atomic E-state index is 12.2. The first-order valence-corrected chi connectivity index (χ1v) is 9.98. The summed E-state index contributed by atoms with van der Waals surface area (Å²) in [5, 5.41) is 6.62. The molecule has 2 aliphatic heterocycles. The molecule has 0 spiro atoms. The van der Waals surface area contributed by atoms with Crippen molar-refractivity contribution in [3.8, 4) is 0 Å². The Balaban J connectivity index is 1.41. The van der Waals surface area contributed by atoms with Crippen molar-refractivity contribution < 1.29 is 13.2 Å². The Morgan fingerprint density at radius 3 is 2.65 bits per heavy atom. The maximum Gasteiger partial charge on any atom is 0.317 e. The molecule has 1 atom stereocenters. The molecule has 3 rings (SSSR count). The van der Waals surface area contributed by atoms with Gasteiger partial charge in [0.1, 0.15) is 0 Å². The fourth-order valence-electron chi connectivity index (χ4n) is 3.39. The Labute approximate surface area is 137 Å². The van der Waals surface area contributed by atoms with Gasteiger partial charge in [0.25, 0.3) is 0 Å². The number of likely N-dealkylation sites (tertiary alicyclic amines) is 1. The molecule has 3 heterocycles. The van der Waals surface area contributed by atoms with E-state index in [2.05, 4.69) is 10.4 Å². The van der Waals surface area contributed by atoms with Gasteiger partial charge in [-0.25, -0.2) is 13.2 Å². The average molecular weight is 340 g/mol. The van der Waals surface area contributed by atoms with Gasteiger partial charge >= 0.3 is 6.03 Å². The van der Waals surface area contributed by atoms with Gasteiger partial charge in [-0.1, -0.05) is 0 Å². The molecule has 0 aromatic carbocycles. The van der Waals surface area contributed by atoms with Crippen molar-refractivity contribution in [1.82, 2.24) is 20.0 Å². The highest BCUT2D eigenvalue weighted by Crippen LogP contribution is 2.20. The number of nitrogens with one attached hydrogen (secondary N) is 1. The number of aromatic nitrogens is 2. The minimum absolute atomic E-state index is 0.135. The molecule has 1 unspecified atom stereocenters. The first-order chi connectivity index (χ1) is 11.0. The summed E-state index contributed by atoms with van der Waals surface area (Å²) >= 11 is 0. The number of carbonyl (C=O) groups excluding carboxylic acids is 1. The number of hydrogen-bond acceptors (Lipinski definition) is 4. The number of amides is 2. The molecule has 2 amide bonds. The van der Waals surface area contributed by atoms with Crippen LogP contribution in [0.3, 0.4) is 0 Å². The van der Waals surface area contributed by atoms with Crippen molar-refractivity contribution in [2.45, 2.75) is 37.5 Å². The molecule has 0 saturated carbocycles. The lowest BCUT2D eigenvalue weighted by Crippen LogP contribution is -2.47. The second-order valence-electron chi connectivity index (χ2n) is 6.48. The lowest BCUT2D eigenvalue weighted by Gasteiger charge is -2.32. The monoisotopic (exact) mass is 340 g/mol. The lowest BCUT2D eigenvalue weighted by atomic mass is 9.97. The van der Waals surface area contributed by atoms with Crippen LogP contribution in [0.5, 0.6) is 0 Å². The van der Waals surface area contributed by atoms with E-state index in [4.69, 9.17) is 0 Å². The fourth-order valence-corrected chi connectivity index (χ4v) is 5.16. The Bertz CT molecular complexity index is 621. The van der Waals surface area contributed by atoms with Crippen LogP contribution in [0.2, 0.25) is 0 Å². The molecule has 128 valence electrons. The smallest absolute Gasteiger partial charge is 0.317 e. The van der Waals surface area contributed by atoms with E-state index in [9.17, 15) is 13.2 Å². The third kappa shape index (κ3) is 4.04. The van der Waals surface area contributed by atoms with Crippen molar-refractivity contribution in [2.75, 3.05) is 25.4 Å². The van der Waals surface area contributed by atoms with E-state index in [0.29, 0.717) is 18.8 Å². The van der Waals surface area contributed by atoms with Crippen LogP contribution in [-0.4, -0.2) is 59.8 Å². The van der Waals surface area contributed by atoms with Crippen LogP contribution in [0, 0.1) is 5.92 Å². The predicted molar refractivity (Wildman–Crippen MR) is 86.7 cm³/mol. The molecular weight excluding hydrogens is 316 g/mol. The van der Waals surface area contributed by atoms with Crippen molar-refractivity contribution >= 4 is 15.9 Å². The summed E-state index contributed by atoms with van der Waals surface area (Å²) in [6, 6.07) is 1.78. The Hall–Kier alpha value is -1.57. The van der Waals surface area contributed by atoms with Crippen LogP contribution >= 0.6 is 0 Å². The van der Waals surface area contributed by atoms with Crippen molar-refractivity contribution in [2.24, 2.45) is 5.92 Å². The van der Waals surface area contributed by atoms with Crippen LogP contribution in [0.4, 0.5) is 4.79 Å². The molecule has 0 radical (unpaired) electrons. The largest absolute Gasteiger partial charge is 0.337 e. The van der Waals surface area contributed by atoms with Crippen molar-refractivity contribution in [3.05, 3.63) is 18.5 Å². The summed E-state index contributed by atoms with van der Waals surface area (Å²) in [7, 11) is -2.99. The van der Waals surface area contributed by atoms with Crippen LogP contribution in [0.25, 0.3) is 0 Å². The number of sulfone groups is 1. The van der Waals surface area contributed by atoms with Crippen molar-refractivity contribution in [1.29, 1.82) is 0 Å². The van der Waals surface area contributed by atoms with Gasteiger partial charge in [0, 0.05) is 38.6 Å². The van der Waals surface area contributed by atoms with Gasteiger partial charge < -0.3 is 10.2 Å². The summed E-state index contributed by atoms with van der Waals surface area (Å²) in [6.45, 7) is 2.57. The van der Waals surface area contributed by atoms with Gasteiger partial charge in [0.05, 0.1) is 11.0 Å². The summed E-state index contributed by atoms with van der Waals surface area (Å²) in [5.74, 6) is 0.793. The van der Waals surface area contributed by atoms with Gasteiger partial charge in [0.15, 0.2) is 9.84 Å². The van der Waals surface area contributed by atoms with Gasteiger partial charge in [-0.2, -0.15) is 5.10 Å². The normalized spacial score (nSPS) is 24.7. The fraction of sp³-hybridized carbons (Fsp3) is 0.733. The molecule has 7 nitrogen and oxygen atoms in total. The number of piperidine rings is 1. The molecule has 1 aromatic rings. The Morgan fingerprint density at radius 2 is 2.04 bits per heavy atom. The predicted octanol–water partition coefficient (Wildman–Crippen LogP) is 0.882. The second-order valence-corrected chi connectivity index (χ2v) is 8.88. The molecule has 0 aliphatic carbocycles. The van der Waals surface area contributed by atoms with E-state index in [-0.39, 0.29) is 18.3 Å². The number of hydrogen-bond donors (Lipinski definition) is 1. The van der Waals surface area contributed by atoms with Gasteiger partial charge in [-0.15, -0.1) is 0 Å². The van der Waals surface area contributed by atoms with Gasteiger partial charge in [0.2, 0.25) is 0 Å². The van der Waals surface area contributed by atoms with E-state index in [1.54, 1.807) is 11.1 Å². The topological polar surface area (TPSA) is 84.3 Å². The summed E-state index contributed by atoms with van der Waals surface area (Å²) in [4.78, 5) is 14.0. The van der Waals surface area contributed by atoms with Crippen LogP contribution in [0.15, 0.2) is 18.5 Å². The number of nitrogens with zero attached hydrogens (tertiary/aromatic N) is 3. The van der Waals surface area contributed by atoms with E-state index >= 15 is 0 Å². The SMILES string of the molecule is O=C(NCC1CCCS1(=O)=O)N1CCC(Cn2cccn2)CC1. The Morgan fingerprint density at radius 1 is 1.26 bits per heavy atom. The third-order valence-electron chi connectivity index (χ3n) is 4.85. The molecule has 1 N–H and O–H groups in total. The first-order valence-electron chi connectivity index (χ1n) is 8.26. The van der Waals surface area contributed by atoms with Crippen molar-refractivity contribution in [3.63, 3.8) is 0 Å². The van der Waals surface area contributed by atoms with Gasteiger partial charge in [-0.3, -0.25) is 4.68 Å². The molecular formula is C15H24N4O3S. The minimum atomic E-state index is -2.99. The maximum atomic E-state index is 12.2. The first kappa shape index (κ1) is 16.3. The summed E-state index contributed by atoms with van der Waals surface area (Å²) in [5.41, 5.74) is 0. The standard InChI is InChI=1S/C15H24N4O3S/c20-15(16-11-14-3-1-10-23(14,21)22)18-8-4-13(5-9-18)12-19-7-2-6-17-19/h2,6-7,13-14H,1,3-5,8-12H2,(H,16,20). The van der Waals surface area contributed by atoms with E-state index in [1.807, 2.05) is 16.9 Å². The quantitative estimate of drug-likeness (QED) is 0.882. The molecule has 2 fully saturated rings. The van der Waals surface area contributed by atoms with Crippen LogP contribution in [0.1, 0.15) is 25.7 Å². The zero-order valence-corrected chi connectivity index (χ0v) is 14.0. The zero-order valence-electron chi connectivity index (χ0n) is 13.2. The molecule has 8 heteroatoms. The lowest BCUT2D eigenvalue weighted by molar-refractivity contribution is 0.164. The Kier molecular flexibility index (Phi) is 4.89. The second kappa shape index (κ2) is 6.90. The highest BCUT2D eigenvalue weighted by Gasteiger charge is 2.32.